The van der Waals surface area contributed by atoms with Gasteiger partial charge in [-0.1, -0.05) is 11.6 Å². The van der Waals surface area contributed by atoms with Gasteiger partial charge in [0.15, 0.2) is 0 Å². The summed E-state index contributed by atoms with van der Waals surface area (Å²) in [5, 5.41) is 2.48. The first-order valence-corrected chi connectivity index (χ1v) is 10.2. The van der Waals surface area contributed by atoms with Crippen LogP contribution < -0.4 is 4.72 Å². The molecular weight excluding hydrogens is 368 g/mol. The molecule has 0 spiro atoms. The Morgan fingerprint density at radius 2 is 2.00 bits per heavy atom. The molecule has 2 heterocycles. The van der Waals surface area contributed by atoms with Gasteiger partial charge in [0.25, 0.3) is 0 Å². The number of benzene rings is 1. The highest BCUT2D eigenvalue weighted by Crippen LogP contribution is 2.24. The number of carbonyl (C=O) groups excluding carboxylic acids is 1. The van der Waals surface area contributed by atoms with Gasteiger partial charge in [0, 0.05) is 23.0 Å². The number of hydrogen-bond donors (Lipinski definition) is 1. The summed E-state index contributed by atoms with van der Waals surface area (Å²) in [5.74, 6) is -0.218. The molecule has 128 valence electrons. The minimum absolute atomic E-state index is 0.0883. The van der Waals surface area contributed by atoms with E-state index >= 15 is 0 Å². The average Bonchev–Trinajstić information content (AvgIpc) is 3.01. The minimum atomic E-state index is -3.76. The van der Waals surface area contributed by atoms with Crippen LogP contribution in [0.25, 0.3) is 0 Å². The highest BCUT2D eigenvalue weighted by atomic mass is 35.5. The second-order valence-corrected chi connectivity index (χ2v) is 8.83. The van der Waals surface area contributed by atoms with Gasteiger partial charge in [-0.05, 0) is 54.6 Å². The van der Waals surface area contributed by atoms with Crippen LogP contribution in [-0.4, -0.2) is 31.8 Å². The van der Waals surface area contributed by atoms with Crippen LogP contribution in [0.15, 0.2) is 40.6 Å². The normalized spacial score (nSPS) is 15.8. The molecule has 0 fully saturated rings. The summed E-state index contributed by atoms with van der Waals surface area (Å²) in [6, 6.07) is 7.03. The van der Waals surface area contributed by atoms with Gasteiger partial charge < -0.3 is 4.90 Å². The van der Waals surface area contributed by atoms with Crippen molar-refractivity contribution in [3.63, 3.8) is 0 Å². The first kappa shape index (κ1) is 17.4. The van der Waals surface area contributed by atoms with Crippen LogP contribution in [0.1, 0.15) is 17.4 Å². The molecule has 1 aromatic carbocycles. The average molecular weight is 385 g/mol. The van der Waals surface area contributed by atoms with Gasteiger partial charge in [-0.2, -0.15) is 4.72 Å². The molecule has 0 saturated heterocycles. The van der Waals surface area contributed by atoms with E-state index in [0.717, 1.165) is 12.0 Å². The molecule has 3 rings (SSSR count). The molecule has 1 aliphatic rings. The minimum Gasteiger partial charge on any atom is -0.337 e. The van der Waals surface area contributed by atoms with Crippen molar-refractivity contribution in [3.05, 3.63) is 51.2 Å². The van der Waals surface area contributed by atoms with Crippen molar-refractivity contribution in [2.24, 2.45) is 0 Å². The number of nitrogens with one attached hydrogen (secondary N) is 1. The second-order valence-electron chi connectivity index (χ2n) is 5.68. The first-order chi connectivity index (χ1) is 11.4. The third-order valence-electron chi connectivity index (χ3n) is 3.95. The molecule has 1 amide bonds. The Morgan fingerprint density at radius 3 is 2.71 bits per heavy atom. The van der Waals surface area contributed by atoms with E-state index < -0.39 is 16.1 Å². The van der Waals surface area contributed by atoms with Gasteiger partial charge in [-0.25, -0.2) is 8.42 Å². The lowest BCUT2D eigenvalue weighted by atomic mass is 10.1. The number of nitrogens with zero attached hydrogens (tertiary/aromatic N) is 1. The monoisotopic (exact) mass is 384 g/mol. The number of thiophene rings is 1. The van der Waals surface area contributed by atoms with Crippen LogP contribution in [-0.2, 0) is 27.8 Å². The van der Waals surface area contributed by atoms with Gasteiger partial charge in [-0.15, -0.1) is 11.3 Å². The van der Waals surface area contributed by atoms with Crippen molar-refractivity contribution >= 4 is 38.9 Å². The molecule has 5 nitrogen and oxygen atoms in total. The van der Waals surface area contributed by atoms with Crippen molar-refractivity contribution in [2.75, 3.05) is 6.54 Å². The molecule has 24 heavy (non-hydrogen) atoms. The fourth-order valence-corrected chi connectivity index (χ4v) is 4.89. The molecule has 8 heteroatoms. The number of sulfonamides is 1. The summed E-state index contributed by atoms with van der Waals surface area (Å²) < 4.78 is 27.2. The largest absolute Gasteiger partial charge is 0.337 e. The fraction of sp³-hybridized carbons (Fsp3) is 0.312. The maximum Gasteiger partial charge on any atom is 0.241 e. The molecule has 1 atom stereocenters. The van der Waals surface area contributed by atoms with E-state index in [-0.39, 0.29) is 10.8 Å². The van der Waals surface area contributed by atoms with Crippen LogP contribution in [0, 0.1) is 0 Å². The maximum absolute atomic E-state index is 12.6. The number of hydrogen-bond acceptors (Lipinski definition) is 4. The molecule has 0 bridgehead atoms. The van der Waals surface area contributed by atoms with Gasteiger partial charge in [-0.3, -0.25) is 4.79 Å². The smallest absolute Gasteiger partial charge is 0.241 e. The highest BCUT2D eigenvalue weighted by Gasteiger charge is 2.28. The Kier molecular flexibility index (Phi) is 4.96. The molecule has 0 saturated carbocycles. The van der Waals surface area contributed by atoms with E-state index in [9.17, 15) is 13.2 Å². The molecule has 1 aromatic heterocycles. The zero-order valence-corrected chi connectivity index (χ0v) is 15.4. The number of fused-ring (bicyclic) bond motifs is 1. The molecule has 0 radical (unpaired) electrons. The van der Waals surface area contributed by atoms with E-state index in [1.807, 2.05) is 11.4 Å². The second kappa shape index (κ2) is 6.84. The van der Waals surface area contributed by atoms with Gasteiger partial charge in [0.2, 0.25) is 15.9 Å². The zero-order chi connectivity index (χ0) is 17.3. The van der Waals surface area contributed by atoms with E-state index in [1.54, 1.807) is 23.2 Å². The first-order valence-electron chi connectivity index (χ1n) is 7.49. The van der Waals surface area contributed by atoms with Crippen LogP contribution >= 0.6 is 22.9 Å². The highest BCUT2D eigenvalue weighted by molar-refractivity contribution is 7.89. The van der Waals surface area contributed by atoms with Crippen molar-refractivity contribution < 1.29 is 13.2 Å². The van der Waals surface area contributed by atoms with E-state index in [4.69, 9.17) is 11.6 Å². The Bertz CT molecular complexity index is 846. The lowest BCUT2D eigenvalue weighted by Crippen LogP contribution is -2.48. The van der Waals surface area contributed by atoms with Crippen LogP contribution in [0.3, 0.4) is 0 Å². The van der Waals surface area contributed by atoms with Gasteiger partial charge >= 0.3 is 0 Å². The predicted molar refractivity (Wildman–Crippen MR) is 94.7 cm³/mol. The van der Waals surface area contributed by atoms with Gasteiger partial charge in [0.05, 0.1) is 10.9 Å². The molecule has 1 N–H and O–H groups in total. The van der Waals surface area contributed by atoms with Crippen molar-refractivity contribution in [1.82, 2.24) is 9.62 Å². The summed E-state index contributed by atoms with van der Waals surface area (Å²) in [7, 11) is -3.76. The van der Waals surface area contributed by atoms with Crippen LogP contribution in [0.4, 0.5) is 0 Å². The van der Waals surface area contributed by atoms with Crippen LogP contribution in [0.5, 0.6) is 0 Å². The molecular formula is C16H17ClN2O3S2. The van der Waals surface area contributed by atoms with Crippen molar-refractivity contribution in [3.8, 4) is 0 Å². The van der Waals surface area contributed by atoms with Gasteiger partial charge in [0.1, 0.15) is 0 Å². The van der Waals surface area contributed by atoms with E-state index in [2.05, 4.69) is 4.72 Å². The quantitative estimate of drug-likeness (QED) is 0.881. The van der Waals surface area contributed by atoms with Crippen LogP contribution in [0.2, 0.25) is 5.02 Å². The Labute approximate surface area is 150 Å². The maximum atomic E-state index is 12.6. The molecule has 2 aromatic rings. The molecule has 1 aliphatic heterocycles. The van der Waals surface area contributed by atoms with E-state index in [0.29, 0.717) is 18.1 Å². The zero-order valence-electron chi connectivity index (χ0n) is 13.0. The summed E-state index contributed by atoms with van der Waals surface area (Å²) in [5.41, 5.74) is 1.15. The predicted octanol–water partition coefficient (Wildman–Crippen LogP) is 2.65. The number of halogens is 1. The SMILES string of the molecule is C[C@H](NS(=O)(=O)c1ccc(Cl)cc1)C(=O)N1CCc2sccc2C1. The van der Waals surface area contributed by atoms with Crippen molar-refractivity contribution in [1.29, 1.82) is 0 Å². The lowest BCUT2D eigenvalue weighted by Gasteiger charge is -2.29. The van der Waals surface area contributed by atoms with Crippen molar-refractivity contribution in [2.45, 2.75) is 30.8 Å². The summed E-state index contributed by atoms with van der Waals surface area (Å²) >= 11 is 7.47. The summed E-state index contributed by atoms with van der Waals surface area (Å²) in [6.07, 6.45) is 0.815. The standard InChI is InChI=1S/C16H17ClN2O3S2/c1-11(18-24(21,22)14-4-2-13(17)3-5-14)16(20)19-8-6-15-12(10-19)7-9-23-15/h2-5,7,9,11,18H,6,8,10H2,1H3/t11-/m0/s1. The lowest BCUT2D eigenvalue weighted by molar-refractivity contribution is -0.133. The topological polar surface area (TPSA) is 66.5 Å². The summed E-state index contributed by atoms with van der Waals surface area (Å²) in [6.45, 7) is 2.71. The Morgan fingerprint density at radius 1 is 1.29 bits per heavy atom. The Balaban J connectivity index is 1.69. The molecule has 0 unspecified atom stereocenters. The fourth-order valence-electron chi connectivity index (χ4n) is 2.68. The number of carbonyl (C=O) groups is 1. The third-order valence-corrected chi connectivity index (χ3v) is 6.78. The number of rotatable bonds is 4. The third kappa shape index (κ3) is 3.64. The van der Waals surface area contributed by atoms with E-state index in [1.165, 1.54) is 29.1 Å². The number of amides is 1. The Hall–Kier alpha value is -1.41. The molecule has 0 aliphatic carbocycles. The summed E-state index contributed by atoms with van der Waals surface area (Å²) in [4.78, 5) is 15.7.